The topological polar surface area (TPSA) is 59.8 Å². The van der Waals surface area contributed by atoms with Crippen LogP contribution >= 0.6 is 23.4 Å². The van der Waals surface area contributed by atoms with Crippen LogP contribution in [0.3, 0.4) is 0 Å². The van der Waals surface area contributed by atoms with E-state index < -0.39 is 0 Å². The lowest BCUT2D eigenvalue weighted by molar-refractivity contribution is -0.116. The van der Waals surface area contributed by atoms with E-state index in [0.29, 0.717) is 22.5 Å². The van der Waals surface area contributed by atoms with Gasteiger partial charge in [-0.15, -0.1) is 5.10 Å². The van der Waals surface area contributed by atoms with Crippen molar-refractivity contribution >= 4 is 35.1 Å². The summed E-state index contributed by atoms with van der Waals surface area (Å²) in [6, 6.07) is 15.7. The second-order valence-electron chi connectivity index (χ2n) is 7.63. The molecule has 2 aliphatic rings. The summed E-state index contributed by atoms with van der Waals surface area (Å²) in [5.41, 5.74) is 5.23. The molecular formula is C23H21ClN4OS. The minimum absolute atomic E-state index is 0.170. The predicted molar refractivity (Wildman–Crippen MR) is 120 cm³/mol. The number of aromatic nitrogens is 3. The van der Waals surface area contributed by atoms with Gasteiger partial charge in [0.15, 0.2) is 5.78 Å². The number of carbonyl (C=O) groups excluding carboxylic acids is 1. The van der Waals surface area contributed by atoms with Crippen LogP contribution in [0, 0.1) is 6.92 Å². The average Bonchev–Trinajstić information content (AvgIpc) is 3.14. The minimum atomic E-state index is -0.303. The zero-order chi connectivity index (χ0) is 20.7. The van der Waals surface area contributed by atoms with E-state index in [2.05, 4.69) is 30.4 Å². The van der Waals surface area contributed by atoms with Crippen LogP contribution in [-0.2, 0) is 10.5 Å². The minimum Gasteiger partial charge on any atom is -0.328 e. The highest BCUT2D eigenvalue weighted by Gasteiger charge is 2.36. The second kappa shape index (κ2) is 7.93. The molecule has 0 spiro atoms. The number of nitrogens with one attached hydrogen (secondary N) is 1. The first-order valence-electron chi connectivity index (χ1n) is 10.0. The van der Waals surface area contributed by atoms with Gasteiger partial charge in [-0.25, -0.2) is 4.68 Å². The van der Waals surface area contributed by atoms with Crippen molar-refractivity contribution in [3.05, 3.63) is 81.5 Å². The maximum absolute atomic E-state index is 12.9. The fourth-order valence-electron chi connectivity index (χ4n) is 4.10. The Kier molecular flexibility index (Phi) is 5.13. The molecule has 2 aromatic carbocycles. The monoisotopic (exact) mass is 436 g/mol. The van der Waals surface area contributed by atoms with Crippen LogP contribution in [0.5, 0.6) is 0 Å². The average molecular weight is 437 g/mol. The largest absolute Gasteiger partial charge is 0.328 e. The Morgan fingerprint density at radius 2 is 2.07 bits per heavy atom. The molecule has 3 aromatic rings. The highest BCUT2D eigenvalue weighted by molar-refractivity contribution is 7.98. The summed E-state index contributed by atoms with van der Waals surface area (Å²) in [5.74, 6) is 1.65. The summed E-state index contributed by atoms with van der Waals surface area (Å²) in [7, 11) is 0. The van der Waals surface area contributed by atoms with Gasteiger partial charge in [0.1, 0.15) is 6.04 Å². The number of hydrogen-bond donors (Lipinski definition) is 1. The first-order chi connectivity index (χ1) is 14.6. The number of allylic oxidation sites excluding steroid dienone is 2. The van der Waals surface area contributed by atoms with Crippen molar-refractivity contribution in [1.82, 2.24) is 14.8 Å². The van der Waals surface area contributed by atoms with Crippen molar-refractivity contribution in [2.45, 2.75) is 43.1 Å². The molecule has 0 saturated carbocycles. The Labute approximate surface area is 184 Å². The molecule has 2 heterocycles. The molecule has 30 heavy (non-hydrogen) atoms. The van der Waals surface area contributed by atoms with E-state index >= 15 is 0 Å². The first kappa shape index (κ1) is 19.4. The van der Waals surface area contributed by atoms with Crippen molar-refractivity contribution < 1.29 is 4.79 Å². The van der Waals surface area contributed by atoms with Gasteiger partial charge in [0.05, 0.1) is 0 Å². The molecule has 0 unspecified atom stereocenters. The molecule has 152 valence electrons. The summed E-state index contributed by atoms with van der Waals surface area (Å²) in [6.45, 7) is 2.11. The zero-order valence-electron chi connectivity index (χ0n) is 16.6. The van der Waals surface area contributed by atoms with Gasteiger partial charge >= 0.3 is 0 Å². The lowest BCUT2D eigenvalue weighted by atomic mass is 9.85. The van der Waals surface area contributed by atoms with E-state index in [-0.39, 0.29) is 11.8 Å². The van der Waals surface area contributed by atoms with Gasteiger partial charge in [-0.05, 0) is 48.6 Å². The van der Waals surface area contributed by atoms with E-state index in [1.54, 1.807) is 11.8 Å². The molecule has 5 nitrogen and oxygen atoms in total. The Morgan fingerprint density at radius 3 is 2.90 bits per heavy atom. The summed E-state index contributed by atoms with van der Waals surface area (Å²) in [6.07, 6.45) is 2.27. The van der Waals surface area contributed by atoms with Gasteiger partial charge in [-0.2, -0.15) is 4.98 Å². The molecular weight excluding hydrogens is 416 g/mol. The Bertz CT molecular complexity index is 1170. The van der Waals surface area contributed by atoms with Gasteiger partial charge in [0, 0.05) is 28.5 Å². The number of rotatable bonds is 4. The Morgan fingerprint density at radius 1 is 1.20 bits per heavy atom. The van der Waals surface area contributed by atoms with E-state index in [1.165, 1.54) is 11.1 Å². The number of nitrogens with zero attached hydrogens (tertiary/aromatic N) is 3. The quantitative estimate of drug-likeness (QED) is 0.543. The van der Waals surface area contributed by atoms with E-state index in [1.807, 2.05) is 35.0 Å². The number of benzene rings is 2. The Hall–Kier alpha value is -2.57. The SMILES string of the molecule is Cc1ccccc1CSc1nc2n(n1)[C@@H](c1cccc(Cl)c1)C1=C(CCCC1=O)N2. The summed E-state index contributed by atoms with van der Waals surface area (Å²) in [4.78, 5) is 17.6. The number of Topliss-reactive ketones (excluding diaryl/α,β-unsaturated/α-hetero) is 1. The zero-order valence-corrected chi connectivity index (χ0v) is 18.1. The van der Waals surface area contributed by atoms with Crippen molar-refractivity contribution in [2.75, 3.05) is 5.32 Å². The van der Waals surface area contributed by atoms with Gasteiger partial charge in [0.25, 0.3) is 0 Å². The third kappa shape index (κ3) is 3.55. The van der Waals surface area contributed by atoms with Crippen molar-refractivity contribution in [3.8, 4) is 0 Å². The molecule has 7 heteroatoms. The Balaban J connectivity index is 1.52. The van der Waals surface area contributed by atoms with E-state index in [9.17, 15) is 4.79 Å². The molecule has 0 radical (unpaired) electrons. The fourth-order valence-corrected chi connectivity index (χ4v) is 5.20. The van der Waals surface area contributed by atoms with Crippen LogP contribution in [-0.4, -0.2) is 20.5 Å². The smallest absolute Gasteiger partial charge is 0.227 e. The molecule has 0 bridgehead atoms. The molecule has 5 rings (SSSR count). The third-order valence-electron chi connectivity index (χ3n) is 5.63. The molecule has 0 fully saturated rings. The molecule has 1 aliphatic carbocycles. The number of hydrogen-bond acceptors (Lipinski definition) is 5. The fraction of sp³-hybridized carbons (Fsp3) is 0.261. The van der Waals surface area contributed by atoms with Crippen LogP contribution in [0.4, 0.5) is 5.95 Å². The number of halogens is 1. The maximum atomic E-state index is 12.9. The summed E-state index contributed by atoms with van der Waals surface area (Å²) < 4.78 is 1.84. The number of thioether (sulfide) groups is 1. The maximum Gasteiger partial charge on any atom is 0.227 e. The van der Waals surface area contributed by atoms with Crippen molar-refractivity contribution in [2.24, 2.45) is 0 Å². The van der Waals surface area contributed by atoms with E-state index in [4.69, 9.17) is 21.7 Å². The van der Waals surface area contributed by atoms with Crippen LogP contribution < -0.4 is 5.32 Å². The summed E-state index contributed by atoms with van der Waals surface area (Å²) in [5, 5.41) is 9.50. The van der Waals surface area contributed by atoms with Gasteiger partial charge in [0.2, 0.25) is 11.1 Å². The van der Waals surface area contributed by atoms with Crippen LogP contribution in [0.2, 0.25) is 5.02 Å². The lowest BCUT2D eigenvalue weighted by Crippen LogP contribution is -2.31. The second-order valence-corrected chi connectivity index (χ2v) is 9.01. The first-order valence-corrected chi connectivity index (χ1v) is 11.4. The molecule has 0 saturated heterocycles. The predicted octanol–water partition coefficient (Wildman–Crippen LogP) is 5.55. The van der Waals surface area contributed by atoms with Gasteiger partial charge < -0.3 is 5.32 Å². The standard InChI is InChI=1S/C23H21ClN4OS/c1-14-6-2-3-7-16(14)13-30-23-26-22-25-18-10-5-11-19(29)20(18)21(28(22)27-23)15-8-4-9-17(24)12-15/h2-4,6-9,12,21H,5,10-11,13H2,1H3,(H,25,26,27)/t21-/m0/s1. The number of aryl methyl sites for hydroxylation is 1. The van der Waals surface area contributed by atoms with Crippen molar-refractivity contribution in [1.29, 1.82) is 0 Å². The van der Waals surface area contributed by atoms with Crippen LogP contribution in [0.25, 0.3) is 0 Å². The number of carbonyl (C=O) groups is 1. The van der Waals surface area contributed by atoms with E-state index in [0.717, 1.165) is 35.4 Å². The normalized spacial score (nSPS) is 18.1. The molecule has 1 aromatic heterocycles. The third-order valence-corrected chi connectivity index (χ3v) is 6.75. The summed E-state index contributed by atoms with van der Waals surface area (Å²) >= 11 is 7.88. The molecule has 1 N–H and O–H groups in total. The van der Waals surface area contributed by atoms with Gasteiger partial charge in [-0.1, -0.05) is 59.8 Å². The highest BCUT2D eigenvalue weighted by atomic mass is 35.5. The molecule has 0 amide bonds. The van der Waals surface area contributed by atoms with Gasteiger partial charge in [-0.3, -0.25) is 4.79 Å². The molecule has 1 atom stereocenters. The van der Waals surface area contributed by atoms with Crippen LogP contribution in [0.1, 0.15) is 42.0 Å². The van der Waals surface area contributed by atoms with Crippen molar-refractivity contribution in [3.63, 3.8) is 0 Å². The lowest BCUT2D eigenvalue weighted by Gasteiger charge is -2.32. The number of anilines is 1. The number of fused-ring (bicyclic) bond motifs is 1. The molecule has 1 aliphatic heterocycles. The highest BCUT2D eigenvalue weighted by Crippen LogP contribution is 2.41. The number of ketones is 1. The van der Waals surface area contributed by atoms with Crippen LogP contribution in [0.15, 0.2) is 65.0 Å².